The van der Waals surface area contributed by atoms with E-state index >= 15 is 0 Å². The molecule has 130 valence electrons. The van der Waals surface area contributed by atoms with Crippen molar-refractivity contribution >= 4 is 28.3 Å². The number of nitrogens with zero attached hydrogens (tertiary/aromatic N) is 2. The van der Waals surface area contributed by atoms with Crippen LogP contribution >= 0.6 is 0 Å². The Morgan fingerprint density at radius 2 is 1.77 bits per heavy atom. The van der Waals surface area contributed by atoms with Crippen molar-refractivity contribution in [2.75, 3.05) is 6.54 Å². The van der Waals surface area contributed by atoms with Crippen LogP contribution in [0.1, 0.15) is 26.4 Å². The van der Waals surface area contributed by atoms with Gasteiger partial charge in [0.25, 0.3) is 11.8 Å². The Bertz CT molecular complexity index is 996. The number of rotatable bonds is 4. The molecular formula is C19H15N3O4. The molecule has 4 rings (SSSR count). The van der Waals surface area contributed by atoms with Gasteiger partial charge in [0, 0.05) is 52.8 Å². The van der Waals surface area contributed by atoms with E-state index in [9.17, 15) is 20.0 Å². The fourth-order valence-corrected chi connectivity index (χ4v) is 3.31. The highest BCUT2D eigenvalue weighted by Crippen LogP contribution is 2.33. The molecule has 0 bridgehead atoms. The van der Waals surface area contributed by atoms with Gasteiger partial charge in [-0.05, 0) is 30.3 Å². The van der Waals surface area contributed by atoms with Crippen molar-refractivity contribution in [3.05, 3.63) is 76.8 Å². The molecule has 2 N–H and O–H groups in total. The Morgan fingerprint density at radius 3 is 2.46 bits per heavy atom. The molecule has 0 saturated carbocycles. The number of pyridine rings is 1. The predicted octanol–water partition coefficient (Wildman–Crippen LogP) is 1.48. The summed E-state index contributed by atoms with van der Waals surface area (Å²) in [5, 5.41) is 20.5. The molecule has 7 heteroatoms. The van der Waals surface area contributed by atoms with Gasteiger partial charge in [0.1, 0.15) is 0 Å². The molecule has 0 spiro atoms. The van der Waals surface area contributed by atoms with Gasteiger partial charge >= 0.3 is 0 Å². The number of hydrogen-bond donors (Lipinski definition) is 2. The predicted molar refractivity (Wildman–Crippen MR) is 93.0 cm³/mol. The van der Waals surface area contributed by atoms with Gasteiger partial charge in [-0.15, -0.1) is 0 Å². The molecule has 1 unspecified atom stereocenters. The van der Waals surface area contributed by atoms with E-state index in [0.717, 1.165) is 5.69 Å². The van der Waals surface area contributed by atoms with E-state index in [0.29, 0.717) is 28.3 Å². The van der Waals surface area contributed by atoms with E-state index in [1.807, 2.05) is 12.1 Å². The topological polar surface area (TPSA) is 98.0 Å². The van der Waals surface area contributed by atoms with Crippen LogP contribution in [0.25, 0.3) is 10.8 Å². The number of benzene rings is 2. The van der Waals surface area contributed by atoms with Crippen molar-refractivity contribution in [1.82, 2.24) is 9.88 Å². The Kier molecular flexibility index (Phi) is 3.96. The second kappa shape index (κ2) is 6.30. The van der Waals surface area contributed by atoms with Crippen LogP contribution in [0.5, 0.6) is 0 Å². The first kappa shape index (κ1) is 16.3. The van der Waals surface area contributed by atoms with Crippen LogP contribution < -0.4 is 5.23 Å². The minimum absolute atomic E-state index is 0.0770. The summed E-state index contributed by atoms with van der Waals surface area (Å²) in [4.78, 5) is 31.1. The third kappa shape index (κ3) is 2.55. The number of amides is 2. The maximum atomic E-state index is 12.9. The Hall–Kier alpha value is -3.13. The van der Waals surface area contributed by atoms with Gasteiger partial charge < -0.3 is 5.21 Å². The monoisotopic (exact) mass is 349 g/mol. The molecule has 7 nitrogen and oxygen atoms in total. The zero-order chi connectivity index (χ0) is 18.3. The highest BCUT2D eigenvalue weighted by atomic mass is 16.8. The van der Waals surface area contributed by atoms with Crippen LogP contribution in [0.15, 0.2) is 54.7 Å². The minimum Gasteiger partial charge on any atom is -0.595 e. The number of imide groups is 1. The molecule has 0 radical (unpaired) electrons. The van der Waals surface area contributed by atoms with Gasteiger partial charge in [0.05, 0.1) is 0 Å². The standard InChI is InChI=1S/C19H15N3O4/c23-18-14-6-3-5-13-16(22(25)26)8-7-15(17(13)14)19(24)21(18)11-9-12-4-1-2-10-20-12/h1-8,10,22,25H,9,11H2. The first-order chi connectivity index (χ1) is 12.6. The fraction of sp³-hybridized carbons (Fsp3) is 0.105. The average Bonchev–Trinajstić information content (AvgIpc) is 2.66. The lowest BCUT2D eigenvalue weighted by Gasteiger charge is -2.28. The van der Waals surface area contributed by atoms with Gasteiger partial charge in [-0.25, -0.2) is 5.21 Å². The molecule has 1 aromatic heterocycles. The first-order valence-electron chi connectivity index (χ1n) is 8.13. The van der Waals surface area contributed by atoms with Gasteiger partial charge in [-0.2, -0.15) is 5.23 Å². The second-order valence-corrected chi connectivity index (χ2v) is 6.03. The van der Waals surface area contributed by atoms with E-state index in [4.69, 9.17) is 0 Å². The van der Waals surface area contributed by atoms with Crippen LogP contribution in [-0.4, -0.2) is 33.5 Å². The summed E-state index contributed by atoms with van der Waals surface area (Å²) in [6, 6.07) is 13.3. The fourth-order valence-electron chi connectivity index (χ4n) is 3.31. The highest BCUT2D eigenvalue weighted by Gasteiger charge is 2.33. The summed E-state index contributed by atoms with van der Waals surface area (Å²) in [6.45, 7) is 0.213. The van der Waals surface area contributed by atoms with E-state index in [-0.39, 0.29) is 12.2 Å². The quantitative estimate of drug-likeness (QED) is 0.549. The van der Waals surface area contributed by atoms with Crippen molar-refractivity contribution < 1.29 is 20.0 Å². The number of quaternary nitrogens is 1. The summed E-state index contributed by atoms with van der Waals surface area (Å²) in [5.41, 5.74) is 1.56. The van der Waals surface area contributed by atoms with E-state index in [1.165, 1.54) is 17.0 Å². The lowest BCUT2D eigenvalue weighted by atomic mass is 9.93. The third-order valence-corrected chi connectivity index (χ3v) is 4.54. The molecule has 1 atom stereocenters. The van der Waals surface area contributed by atoms with E-state index in [1.54, 1.807) is 30.5 Å². The van der Waals surface area contributed by atoms with Gasteiger partial charge in [-0.1, -0.05) is 12.1 Å². The van der Waals surface area contributed by atoms with E-state index < -0.39 is 17.0 Å². The molecule has 0 aliphatic carbocycles. The maximum absolute atomic E-state index is 12.9. The van der Waals surface area contributed by atoms with Crippen LogP contribution in [0.2, 0.25) is 0 Å². The van der Waals surface area contributed by atoms with Crippen molar-refractivity contribution in [2.45, 2.75) is 6.42 Å². The molecule has 2 aromatic carbocycles. The van der Waals surface area contributed by atoms with Gasteiger partial charge in [-0.3, -0.25) is 19.5 Å². The smallest absolute Gasteiger partial charge is 0.261 e. The molecule has 1 aliphatic rings. The summed E-state index contributed by atoms with van der Waals surface area (Å²) >= 11 is 0. The summed E-state index contributed by atoms with van der Waals surface area (Å²) in [5.74, 6) is -0.821. The summed E-state index contributed by atoms with van der Waals surface area (Å²) in [7, 11) is 0. The number of aromatic nitrogens is 1. The molecule has 2 amide bonds. The molecule has 26 heavy (non-hydrogen) atoms. The average molecular weight is 349 g/mol. The Labute approximate surface area is 148 Å². The van der Waals surface area contributed by atoms with Crippen molar-refractivity contribution in [1.29, 1.82) is 0 Å². The lowest BCUT2D eigenvalue weighted by molar-refractivity contribution is -0.990. The first-order valence-corrected chi connectivity index (χ1v) is 8.13. The van der Waals surface area contributed by atoms with Gasteiger partial charge in [0.15, 0.2) is 5.69 Å². The van der Waals surface area contributed by atoms with Gasteiger partial charge in [0.2, 0.25) is 0 Å². The lowest BCUT2D eigenvalue weighted by Crippen LogP contribution is -2.99. The van der Waals surface area contributed by atoms with Crippen molar-refractivity contribution in [3.8, 4) is 0 Å². The summed E-state index contributed by atoms with van der Waals surface area (Å²) in [6.07, 6.45) is 2.12. The van der Waals surface area contributed by atoms with Crippen molar-refractivity contribution in [3.63, 3.8) is 0 Å². The highest BCUT2D eigenvalue weighted by molar-refractivity contribution is 6.26. The Balaban J connectivity index is 1.75. The Morgan fingerprint density at radius 1 is 1.00 bits per heavy atom. The minimum atomic E-state index is -1.09. The second-order valence-electron chi connectivity index (χ2n) is 6.03. The third-order valence-electron chi connectivity index (χ3n) is 4.54. The van der Waals surface area contributed by atoms with Crippen LogP contribution in [0, 0.1) is 5.21 Å². The zero-order valence-electron chi connectivity index (χ0n) is 13.7. The van der Waals surface area contributed by atoms with Crippen LogP contribution in [-0.2, 0) is 6.42 Å². The van der Waals surface area contributed by atoms with Crippen LogP contribution in [0.3, 0.4) is 0 Å². The zero-order valence-corrected chi connectivity index (χ0v) is 13.7. The largest absolute Gasteiger partial charge is 0.595 e. The van der Waals surface area contributed by atoms with Crippen LogP contribution in [0.4, 0.5) is 5.69 Å². The normalized spacial score (nSPS) is 14.8. The van der Waals surface area contributed by atoms with E-state index in [2.05, 4.69) is 4.98 Å². The molecule has 0 saturated heterocycles. The maximum Gasteiger partial charge on any atom is 0.261 e. The SMILES string of the molecule is O=C1c2cccc3c([NH+]([O-])O)ccc(c23)C(=O)N1CCc1ccccn1. The molecular weight excluding hydrogens is 334 g/mol. The molecule has 1 aliphatic heterocycles. The number of nitrogens with one attached hydrogen (secondary N) is 1. The number of hydrogen-bond acceptors (Lipinski definition) is 5. The number of carbonyl (C=O) groups excluding carboxylic acids is 2. The number of carbonyl (C=O) groups is 2. The van der Waals surface area contributed by atoms with Crippen molar-refractivity contribution in [2.24, 2.45) is 0 Å². The molecule has 0 fully saturated rings. The molecule has 3 aromatic rings. The molecule has 2 heterocycles. The summed E-state index contributed by atoms with van der Waals surface area (Å²) < 4.78 is 0.